The van der Waals surface area contributed by atoms with Crippen LogP contribution in [0.4, 0.5) is 0 Å². The van der Waals surface area contributed by atoms with Crippen LogP contribution in [-0.2, 0) is 4.79 Å². The number of rotatable bonds is 2. The molecule has 2 atom stereocenters. The molecule has 3 rings (SSSR count). The van der Waals surface area contributed by atoms with Crippen LogP contribution in [0.25, 0.3) is 0 Å². The SMILES string of the molecule is CC(C)(O)C1CCCN1C(=O)C1COc2ccccc21. The lowest BCUT2D eigenvalue weighted by Gasteiger charge is -2.35. The molecule has 2 unspecified atom stereocenters. The number of carbonyl (C=O) groups excluding carboxylic acids is 1. The van der Waals surface area contributed by atoms with Crippen LogP contribution in [-0.4, -0.2) is 40.7 Å². The Morgan fingerprint density at radius 2 is 2.15 bits per heavy atom. The number of fused-ring (bicyclic) bond motifs is 1. The minimum atomic E-state index is -0.856. The molecular formula is C16H21NO3. The third kappa shape index (κ3) is 2.18. The second kappa shape index (κ2) is 4.77. The molecule has 1 aromatic carbocycles. The van der Waals surface area contributed by atoms with Crippen LogP contribution < -0.4 is 4.74 Å². The van der Waals surface area contributed by atoms with Gasteiger partial charge in [-0.1, -0.05) is 18.2 Å². The van der Waals surface area contributed by atoms with Crippen LogP contribution in [0.1, 0.15) is 38.2 Å². The number of likely N-dealkylation sites (tertiary alicyclic amines) is 1. The van der Waals surface area contributed by atoms with Crippen LogP contribution in [0.5, 0.6) is 5.75 Å². The molecule has 2 aliphatic heterocycles. The van der Waals surface area contributed by atoms with Gasteiger partial charge in [0.25, 0.3) is 0 Å². The Hall–Kier alpha value is -1.55. The van der Waals surface area contributed by atoms with E-state index in [9.17, 15) is 9.90 Å². The van der Waals surface area contributed by atoms with Gasteiger partial charge in [0.1, 0.15) is 18.3 Å². The van der Waals surface area contributed by atoms with Crippen LogP contribution in [0.15, 0.2) is 24.3 Å². The predicted octanol–water partition coefficient (Wildman–Crippen LogP) is 1.92. The minimum absolute atomic E-state index is 0.0829. The molecule has 0 bridgehead atoms. The van der Waals surface area contributed by atoms with Gasteiger partial charge in [-0.2, -0.15) is 0 Å². The zero-order valence-corrected chi connectivity index (χ0v) is 12.0. The molecule has 1 saturated heterocycles. The fraction of sp³-hybridized carbons (Fsp3) is 0.562. The molecule has 1 fully saturated rings. The molecule has 0 radical (unpaired) electrons. The summed E-state index contributed by atoms with van der Waals surface area (Å²) in [6.45, 7) is 4.70. The second-order valence-corrected chi connectivity index (χ2v) is 6.24. The predicted molar refractivity (Wildman–Crippen MR) is 75.7 cm³/mol. The van der Waals surface area contributed by atoms with Crippen molar-refractivity contribution in [2.75, 3.05) is 13.2 Å². The van der Waals surface area contributed by atoms with E-state index in [1.807, 2.05) is 29.2 Å². The number of aliphatic hydroxyl groups is 1. The molecule has 1 N–H and O–H groups in total. The topological polar surface area (TPSA) is 49.8 Å². The summed E-state index contributed by atoms with van der Waals surface area (Å²) in [7, 11) is 0. The van der Waals surface area contributed by atoms with Crippen molar-refractivity contribution in [1.29, 1.82) is 0 Å². The first-order valence-corrected chi connectivity index (χ1v) is 7.23. The molecule has 108 valence electrons. The van der Waals surface area contributed by atoms with E-state index in [-0.39, 0.29) is 17.9 Å². The van der Waals surface area contributed by atoms with E-state index in [1.165, 1.54) is 0 Å². The minimum Gasteiger partial charge on any atom is -0.492 e. The van der Waals surface area contributed by atoms with Gasteiger partial charge >= 0.3 is 0 Å². The van der Waals surface area contributed by atoms with Crippen LogP contribution in [0.2, 0.25) is 0 Å². The molecule has 4 heteroatoms. The molecular weight excluding hydrogens is 254 g/mol. The summed E-state index contributed by atoms with van der Waals surface area (Å²) in [6, 6.07) is 7.62. The lowest BCUT2D eigenvalue weighted by atomic mass is 9.94. The Labute approximate surface area is 119 Å². The van der Waals surface area contributed by atoms with Gasteiger partial charge in [0.05, 0.1) is 11.6 Å². The summed E-state index contributed by atoms with van der Waals surface area (Å²) >= 11 is 0. The summed E-state index contributed by atoms with van der Waals surface area (Å²) in [4.78, 5) is 14.6. The first-order valence-electron chi connectivity index (χ1n) is 7.23. The normalized spacial score (nSPS) is 25.4. The lowest BCUT2D eigenvalue weighted by molar-refractivity contribution is -0.138. The lowest BCUT2D eigenvalue weighted by Crippen LogP contribution is -2.49. The third-order valence-corrected chi connectivity index (χ3v) is 4.35. The van der Waals surface area contributed by atoms with Crippen molar-refractivity contribution in [3.05, 3.63) is 29.8 Å². The third-order valence-electron chi connectivity index (χ3n) is 4.35. The smallest absolute Gasteiger partial charge is 0.234 e. The zero-order chi connectivity index (χ0) is 14.3. The molecule has 0 aliphatic carbocycles. The maximum atomic E-state index is 12.8. The summed E-state index contributed by atoms with van der Waals surface area (Å²) in [5.41, 5.74) is 0.115. The number of carbonyl (C=O) groups is 1. The van der Waals surface area contributed by atoms with Gasteiger partial charge in [0, 0.05) is 12.1 Å². The molecule has 0 spiro atoms. The Morgan fingerprint density at radius 3 is 2.90 bits per heavy atom. The van der Waals surface area contributed by atoms with Gasteiger partial charge in [-0.25, -0.2) is 0 Å². The number of benzene rings is 1. The summed E-state index contributed by atoms with van der Waals surface area (Å²) < 4.78 is 5.60. The van der Waals surface area contributed by atoms with Crippen molar-refractivity contribution in [2.24, 2.45) is 0 Å². The average Bonchev–Trinajstić information content (AvgIpc) is 3.04. The fourth-order valence-corrected chi connectivity index (χ4v) is 3.33. The number of amides is 1. The van der Waals surface area contributed by atoms with Gasteiger partial charge in [-0.3, -0.25) is 4.79 Å². The van der Waals surface area contributed by atoms with E-state index >= 15 is 0 Å². The maximum Gasteiger partial charge on any atom is 0.234 e. The average molecular weight is 275 g/mol. The highest BCUT2D eigenvalue weighted by Gasteiger charge is 2.42. The van der Waals surface area contributed by atoms with E-state index in [0.29, 0.717) is 6.61 Å². The molecule has 1 amide bonds. The van der Waals surface area contributed by atoms with Crippen LogP contribution >= 0.6 is 0 Å². The molecule has 2 heterocycles. The van der Waals surface area contributed by atoms with Crippen LogP contribution in [0, 0.1) is 0 Å². The summed E-state index contributed by atoms with van der Waals surface area (Å²) in [5.74, 6) is 0.665. The molecule has 1 aromatic rings. The zero-order valence-electron chi connectivity index (χ0n) is 12.0. The van der Waals surface area contributed by atoms with Crippen LogP contribution in [0.3, 0.4) is 0 Å². The first kappa shape index (κ1) is 13.4. The highest BCUT2D eigenvalue weighted by atomic mass is 16.5. The van der Waals surface area contributed by atoms with Gasteiger partial charge in [0.2, 0.25) is 5.91 Å². The Kier molecular flexibility index (Phi) is 3.21. The Morgan fingerprint density at radius 1 is 1.40 bits per heavy atom. The maximum absolute atomic E-state index is 12.8. The Balaban J connectivity index is 1.84. The molecule has 2 aliphatic rings. The van der Waals surface area contributed by atoms with Gasteiger partial charge in [-0.15, -0.1) is 0 Å². The molecule has 20 heavy (non-hydrogen) atoms. The second-order valence-electron chi connectivity index (χ2n) is 6.24. The van der Waals surface area contributed by atoms with Gasteiger partial charge in [0.15, 0.2) is 0 Å². The number of para-hydroxylation sites is 1. The highest BCUT2D eigenvalue weighted by Crippen LogP contribution is 2.37. The van der Waals surface area contributed by atoms with E-state index in [4.69, 9.17) is 4.74 Å². The summed E-state index contributed by atoms with van der Waals surface area (Å²) in [5, 5.41) is 10.2. The van der Waals surface area contributed by atoms with E-state index in [1.54, 1.807) is 13.8 Å². The van der Waals surface area contributed by atoms with Crippen molar-refractivity contribution in [3.63, 3.8) is 0 Å². The van der Waals surface area contributed by atoms with Gasteiger partial charge in [-0.05, 0) is 32.8 Å². The quantitative estimate of drug-likeness (QED) is 0.897. The highest BCUT2D eigenvalue weighted by molar-refractivity contribution is 5.86. The molecule has 4 nitrogen and oxygen atoms in total. The van der Waals surface area contributed by atoms with E-state index in [2.05, 4.69) is 0 Å². The van der Waals surface area contributed by atoms with Crippen molar-refractivity contribution < 1.29 is 14.6 Å². The monoisotopic (exact) mass is 275 g/mol. The fourth-order valence-electron chi connectivity index (χ4n) is 3.33. The number of ether oxygens (including phenoxy) is 1. The van der Waals surface area contributed by atoms with Gasteiger partial charge < -0.3 is 14.7 Å². The van der Waals surface area contributed by atoms with E-state index < -0.39 is 5.60 Å². The number of nitrogens with zero attached hydrogens (tertiary/aromatic N) is 1. The van der Waals surface area contributed by atoms with Crippen molar-refractivity contribution in [3.8, 4) is 5.75 Å². The molecule has 0 aromatic heterocycles. The summed E-state index contributed by atoms with van der Waals surface area (Å²) in [6.07, 6.45) is 1.82. The first-order chi connectivity index (χ1) is 9.48. The van der Waals surface area contributed by atoms with Crippen molar-refractivity contribution in [2.45, 2.75) is 44.2 Å². The van der Waals surface area contributed by atoms with Crippen molar-refractivity contribution >= 4 is 5.91 Å². The number of hydrogen-bond acceptors (Lipinski definition) is 3. The molecule has 0 saturated carbocycles. The van der Waals surface area contributed by atoms with Crippen molar-refractivity contribution in [1.82, 2.24) is 4.90 Å². The van der Waals surface area contributed by atoms with E-state index in [0.717, 1.165) is 30.7 Å². The largest absolute Gasteiger partial charge is 0.492 e. The standard InChI is InChI=1S/C16H21NO3/c1-16(2,19)14-8-5-9-17(14)15(18)12-10-20-13-7-4-3-6-11(12)13/h3-4,6-7,12,14,19H,5,8-10H2,1-2H3. The number of hydrogen-bond donors (Lipinski definition) is 1. The Bertz CT molecular complexity index is 521.